The van der Waals surface area contributed by atoms with Crippen LogP contribution in [0, 0.1) is 0 Å². The number of benzene rings is 2. The molecule has 24 heavy (non-hydrogen) atoms. The highest BCUT2D eigenvalue weighted by atomic mass is 19.4. The van der Waals surface area contributed by atoms with Gasteiger partial charge >= 0.3 is 6.18 Å². The van der Waals surface area contributed by atoms with E-state index in [1.54, 1.807) is 24.3 Å². The molecule has 1 N–H and O–H groups in total. The van der Waals surface area contributed by atoms with Crippen molar-refractivity contribution in [1.29, 1.82) is 0 Å². The number of hydrogen-bond donors (Lipinski definition) is 1. The molecule has 0 aliphatic carbocycles. The Bertz CT molecular complexity index is 770. The summed E-state index contributed by atoms with van der Waals surface area (Å²) in [4.78, 5) is 11.4. The second-order valence-corrected chi connectivity index (χ2v) is 6.37. The van der Waals surface area contributed by atoms with Crippen molar-refractivity contribution in [1.82, 2.24) is 10.4 Å². The predicted octanol–water partition coefficient (Wildman–Crippen LogP) is 4.30. The van der Waals surface area contributed by atoms with Crippen LogP contribution in [0.5, 0.6) is 0 Å². The average molecular weight is 336 g/mol. The fourth-order valence-corrected chi connectivity index (χ4v) is 3.30. The van der Waals surface area contributed by atoms with Crippen LogP contribution in [0.1, 0.15) is 43.4 Å². The Morgan fingerprint density at radius 3 is 2.12 bits per heavy atom. The SMILES string of the molecule is CC(C)c1ccc(C(N2CCC(=O)N2)C(F)(F)F)c2ccccc12. The first-order valence-corrected chi connectivity index (χ1v) is 7.93. The normalized spacial score (nSPS) is 17.5. The van der Waals surface area contributed by atoms with Crippen LogP contribution in [0.25, 0.3) is 10.8 Å². The quantitative estimate of drug-likeness (QED) is 0.906. The molecule has 2 aromatic rings. The van der Waals surface area contributed by atoms with E-state index in [0.717, 1.165) is 16.0 Å². The zero-order valence-corrected chi connectivity index (χ0v) is 13.5. The van der Waals surface area contributed by atoms with E-state index in [4.69, 9.17) is 0 Å². The van der Waals surface area contributed by atoms with Gasteiger partial charge in [-0.1, -0.05) is 50.2 Å². The van der Waals surface area contributed by atoms with E-state index in [1.807, 2.05) is 26.0 Å². The second kappa shape index (κ2) is 6.09. The summed E-state index contributed by atoms with van der Waals surface area (Å²) in [5.74, 6) is -0.174. The molecule has 128 valence electrons. The number of rotatable bonds is 3. The van der Waals surface area contributed by atoms with Crippen LogP contribution in [-0.4, -0.2) is 23.6 Å². The Labute approximate surface area is 138 Å². The molecule has 1 fully saturated rings. The van der Waals surface area contributed by atoms with E-state index in [0.29, 0.717) is 5.39 Å². The molecule has 0 aromatic heterocycles. The van der Waals surface area contributed by atoms with Gasteiger partial charge in [-0.25, -0.2) is 5.01 Å². The van der Waals surface area contributed by atoms with Gasteiger partial charge in [0.25, 0.3) is 0 Å². The Hall–Kier alpha value is -2.08. The lowest BCUT2D eigenvalue weighted by molar-refractivity contribution is -0.190. The largest absolute Gasteiger partial charge is 0.409 e. The van der Waals surface area contributed by atoms with Crippen molar-refractivity contribution in [2.75, 3.05) is 6.54 Å². The minimum Gasteiger partial charge on any atom is -0.288 e. The summed E-state index contributed by atoms with van der Waals surface area (Å²) < 4.78 is 41.3. The maximum Gasteiger partial charge on any atom is 0.409 e. The first-order chi connectivity index (χ1) is 11.3. The predicted molar refractivity (Wildman–Crippen MR) is 86.3 cm³/mol. The van der Waals surface area contributed by atoms with Crippen molar-refractivity contribution in [3.05, 3.63) is 47.5 Å². The van der Waals surface area contributed by atoms with E-state index < -0.39 is 12.2 Å². The first-order valence-electron chi connectivity index (χ1n) is 7.93. The summed E-state index contributed by atoms with van der Waals surface area (Å²) in [6, 6.07) is 8.59. The molecule has 1 aliphatic rings. The third kappa shape index (κ3) is 2.98. The van der Waals surface area contributed by atoms with Gasteiger partial charge in [0.2, 0.25) is 5.91 Å². The van der Waals surface area contributed by atoms with E-state index in [1.165, 1.54) is 0 Å². The smallest absolute Gasteiger partial charge is 0.288 e. The van der Waals surface area contributed by atoms with Crippen LogP contribution in [0.15, 0.2) is 36.4 Å². The highest BCUT2D eigenvalue weighted by Crippen LogP contribution is 2.42. The third-order valence-electron chi connectivity index (χ3n) is 4.38. The molecule has 1 aliphatic heterocycles. The van der Waals surface area contributed by atoms with Gasteiger partial charge in [0, 0.05) is 13.0 Å². The summed E-state index contributed by atoms with van der Waals surface area (Å²) in [5.41, 5.74) is 3.52. The Morgan fingerprint density at radius 1 is 1.04 bits per heavy atom. The molecule has 2 aromatic carbocycles. The van der Waals surface area contributed by atoms with Gasteiger partial charge in [0.1, 0.15) is 0 Å². The molecule has 0 spiro atoms. The average Bonchev–Trinajstić information content (AvgIpc) is 2.92. The maximum absolute atomic E-state index is 13.8. The number of alkyl halides is 3. The van der Waals surface area contributed by atoms with Gasteiger partial charge in [-0.3, -0.25) is 10.2 Å². The van der Waals surface area contributed by atoms with E-state index >= 15 is 0 Å². The minimum atomic E-state index is -4.49. The number of hydrogen-bond acceptors (Lipinski definition) is 2. The topological polar surface area (TPSA) is 32.3 Å². The molecule has 1 amide bonds. The molecule has 0 bridgehead atoms. The number of halogens is 3. The lowest BCUT2D eigenvalue weighted by atomic mass is 9.90. The Kier molecular flexibility index (Phi) is 4.25. The van der Waals surface area contributed by atoms with Crippen molar-refractivity contribution in [3.8, 4) is 0 Å². The van der Waals surface area contributed by atoms with Crippen LogP contribution < -0.4 is 5.43 Å². The summed E-state index contributed by atoms with van der Waals surface area (Å²) >= 11 is 0. The lowest BCUT2D eigenvalue weighted by Crippen LogP contribution is -2.43. The molecule has 3 nitrogen and oxygen atoms in total. The molecule has 6 heteroatoms. The summed E-state index contributed by atoms with van der Waals surface area (Å²) in [6.45, 7) is 4.08. The standard InChI is InChI=1S/C18H19F3N2O/c1-11(2)12-7-8-15(14-6-4-3-5-13(12)14)17(18(19,20)21)23-10-9-16(24)22-23/h3-8,11,17H,9-10H2,1-2H3,(H,22,24). The van der Waals surface area contributed by atoms with Gasteiger partial charge in [-0.05, 0) is 27.8 Å². The number of amides is 1. The van der Waals surface area contributed by atoms with E-state index in [-0.39, 0.29) is 30.4 Å². The summed E-state index contributed by atoms with van der Waals surface area (Å²) in [7, 11) is 0. The zero-order chi connectivity index (χ0) is 17.5. The molecule has 1 heterocycles. The van der Waals surface area contributed by atoms with Crippen LogP contribution in [0.4, 0.5) is 13.2 Å². The van der Waals surface area contributed by atoms with Crippen molar-refractivity contribution in [3.63, 3.8) is 0 Å². The van der Waals surface area contributed by atoms with Gasteiger partial charge in [-0.15, -0.1) is 0 Å². The maximum atomic E-state index is 13.8. The number of carbonyl (C=O) groups is 1. The number of hydrazine groups is 1. The van der Waals surface area contributed by atoms with Gasteiger partial charge in [0.05, 0.1) is 0 Å². The molecule has 0 radical (unpaired) electrons. The van der Waals surface area contributed by atoms with E-state index in [9.17, 15) is 18.0 Å². The molecular formula is C18H19F3N2O. The first kappa shape index (κ1) is 16.8. The number of nitrogens with one attached hydrogen (secondary N) is 1. The van der Waals surface area contributed by atoms with Crippen LogP contribution >= 0.6 is 0 Å². The number of fused-ring (bicyclic) bond motifs is 1. The van der Waals surface area contributed by atoms with Crippen LogP contribution in [0.2, 0.25) is 0 Å². The molecule has 1 atom stereocenters. The van der Waals surface area contributed by atoms with E-state index in [2.05, 4.69) is 5.43 Å². The van der Waals surface area contributed by atoms with Gasteiger partial charge in [0.15, 0.2) is 6.04 Å². The van der Waals surface area contributed by atoms with Crippen molar-refractivity contribution in [2.24, 2.45) is 0 Å². The fourth-order valence-electron chi connectivity index (χ4n) is 3.30. The highest BCUT2D eigenvalue weighted by molar-refractivity contribution is 5.89. The monoisotopic (exact) mass is 336 g/mol. The number of carbonyl (C=O) groups excluding carboxylic acids is 1. The highest BCUT2D eigenvalue weighted by Gasteiger charge is 2.47. The fraction of sp³-hybridized carbons (Fsp3) is 0.389. The van der Waals surface area contributed by atoms with Gasteiger partial charge in [-0.2, -0.15) is 13.2 Å². The second-order valence-electron chi connectivity index (χ2n) is 6.37. The Balaban J connectivity index is 2.18. The minimum absolute atomic E-state index is 0.0449. The van der Waals surface area contributed by atoms with Crippen molar-refractivity contribution < 1.29 is 18.0 Å². The van der Waals surface area contributed by atoms with Gasteiger partial charge < -0.3 is 0 Å². The lowest BCUT2D eigenvalue weighted by Gasteiger charge is -2.30. The molecular weight excluding hydrogens is 317 g/mol. The summed E-state index contributed by atoms with van der Waals surface area (Å²) in [5, 5.41) is 2.40. The van der Waals surface area contributed by atoms with Crippen LogP contribution in [0.3, 0.4) is 0 Å². The molecule has 3 rings (SSSR count). The molecule has 1 unspecified atom stereocenters. The third-order valence-corrected chi connectivity index (χ3v) is 4.38. The van der Waals surface area contributed by atoms with Crippen molar-refractivity contribution in [2.45, 2.75) is 38.4 Å². The summed E-state index contributed by atoms with van der Waals surface area (Å²) in [6.07, 6.45) is -4.41. The zero-order valence-electron chi connectivity index (χ0n) is 13.5. The molecule has 0 saturated carbocycles. The number of nitrogens with zero attached hydrogens (tertiary/aromatic N) is 1. The van der Waals surface area contributed by atoms with Crippen LogP contribution in [-0.2, 0) is 4.79 Å². The Morgan fingerprint density at radius 2 is 1.62 bits per heavy atom. The van der Waals surface area contributed by atoms with Crippen molar-refractivity contribution >= 4 is 16.7 Å². The molecule has 1 saturated heterocycles.